The Kier molecular flexibility index (Phi) is 9.77. The molecule has 0 spiro atoms. The van der Waals surface area contributed by atoms with Gasteiger partial charge in [-0.2, -0.15) is 0 Å². The summed E-state index contributed by atoms with van der Waals surface area (Å²) < 4.78 is 11.8. The number of carboxylic acid groups (broad SMARTS) is 1. The van der Waals surface area contributed by atoms with Crippen LogP contribution in [0.1, 0.15) is 74.7 Å². The summed E-state index contributed by atoms with van der Waals surface area (Å²) in [6.07, 6.45) is 5.94. The van der Waals surface area contributed by atoms with Gasteiger partial charge in [0.1, 0.15) is 17.3 Å². The first-order chi connectivity index (χ1) is 21.1. The maximum absolute atomic E-state index is 14.2. The smallest absolute Gasteiger partial charge is 0.303 e. The Bertz CT molecular complexity index is 1430. The van der Waals surface area contributed by atoms with Gasteiger partial charge in [-0.3, -0.25) is 14.5 Å². The van der Waals surface area contributed by atoms with Crippen molar-refractivity contribution in [2.75, 3.05) is 43.2 Å². The Labute approximate surface area is 261 Å². The molecular formula is C36H45N3O5. The van der Waals surface area contributed by atoms with Gasteiger partial charge >= 0.3 is 5.97 Å². The number of hydrogen-bond acceptors (Lipinski definition) is 6. The number of aliphatic carboxylic acids is 1. The summed E-state index contributed by atoms with van der Waals surface area (Å²) in [6.45, 7) is 9.10. The number of pyridine rings is 1. The number of methoxy groups -OCH3 is 1. The van der Waals surface area contributed by atoms with Crippen molar-refractivity contribution in [3.63, 3.8) is 0 Å². The van der Waals surface area contributed by atoms with Crippen molar-refractivity contribution in [1.82, 2.24) is 4.98 Å². The van der Waals surface area contributed by atoms with Crippen LogP contribution in [0.2, 0.25) is 0 Å². The van der Waals surface area contributed by atoms with Crippen LogP contribution in [-0.4, -0.2) is 55.3 Å². The fourth-order valence-electron chi connectivity index (χ4n) is 6.10. The summed E-state index contributed by atoms with van der Waals surface area (Å²) >= 11 is 0. The lowest BCUT2D eigenvalue weighted by Crippen LogP contribution is -2.40. The van der Waals surface area contributed by atoms with Crippen molar-refractivity contribution < 1.29 is 24.2 Å². The van der Waals surface area contributed by atoms with Gasteiger partial charge in [0.15, 0.2) is 0 Å². The van der Waals surface area contributed by atoms with E-state index >= 15 is 0 Å². The summed E-state index contributed by atoms with van der Waals surface area (Å²) in [6, 6.07) is 19.3. The van der Waals surface area contributed by atoms with Gasteiger partial charge < -0.3 is 19.5 Å². The molecule has 1 unspecified atom stereocenters. The van der Waals surface area contributed by atoms with Crippen LogP contribution < -0.4 is 19.3 Å². The number of carbonyl (C=O) groups is 2. The number of benzene rings is 2. The van der Waals surface area contributed by atoms with Crippen molar-refractivity contribution in [2.24, 2.45) is 17.3 Å². The van der Waals surface area contributed by atoms with Crippen molar-refractivity contribution >= 4 is 23.4 Å². The highest BCUT2D eigenvalue weighted by molar-refractivity contribution is 6.09. The number of aromatic nitrogens is 1. The molecule has 1 amide bonds. The van der Waals surface area contributed by atoms with Gasteiger partial charge in [0.25, 0.3) is 5.91 Å². The van der Waals surface area contributed by atoms with Gasteiger partial charge in [-0.1, -0.05) is 39.0 Å². The van der Waals surface area contributed by atoms with Gasteiger partial charge in [0, 0.05) is 31.9 Å². The molecule has 1 atom stereocenters. The van der Waals surface area contributed by atoms with Gasteiger partial charge in [-0.05, 0) is 90.8 Å². The SMILES string of the molecule is COc1ccc(C(=O)N(CC(C)(C)C)c2ccccn2)c(N2CCC(COc3cccc(C(CC(=O)O)C4CC4)c3)CC2)c1. The number of piperidine rings is 1. The maximum atomic E-state index is 14.2. The molecule has 2 aromatic carbocycles. The molecule has 8 nitrogen and oxygen atoms in total. The number of hydrogen-bond donors (Lipinski definition) is 1. The van der Waals surface area contributed by atoms with Crippen LogP contribution in [0.5, 0.6) is 11.5 Å². The molecule has 1 N–H and O–H groups in total. The molecule has 1 aromatic heterocycles. The molecule has 1 saturated carbocycles. The highest BCUT2D eigenvalue weighted by Gasteiger charge is 2.34. The first kappa shape index (κ1) is 31.4. The van der Waals surface area contributed by atoms with Crippen LogP contribution in [0.15, 0.2) is 66.9 Å². The third kappa shape index (κ3) is 8.10. The number of carbonyl (C=O) groups excluding carboxylic acids is 1. The van der Waals surface area contributed by atoms with E-state index in [4.69, 9.17) is 9.47 Å². The second-order valence-electron chi connectivity index (χ2n) is 13.4. The van der Waals surface area contributed by atoms with Crippen LogP contribution >= 0.6 is 0 Å². The number of ether oxygens (including phenoxy) is 2. The standard InChI is InChI=1S/C36H45N3O5/c1-36(2,3)24-39(33-10-5-6-17-37-33)35(42)30-14-13-28(43-4)21-32(30)38-18-15-25(16-19-38)23-44-29-9-7-8-27(20-29)31(22-34(40)41)26-11-12-26/h5-10,13-14,17,20-21,25-26,31H,11-12,15-16,18-19,22-24H2,1-4H3,(H,40,41). The maximum Gasteiger partial charge on any atom is 0.303 e. The van der Waals surface area contributed by atoms with E-state index in [0.29, 0.717) is 36.4 Å². The largest absolute Gasteiger partial charge is 0.497 e. The predicted molar refractivity (Wildman–Crippen MR) is 173 cm³/mol. The van der Waals surface area contributed by atoms with Crippen LogP contribution in [0.4, 0.5) is 11.5 Å². The van der Waals surface area contributed by atoms with E-state index in [1.807, 2.05) is 60.7 Å². The molecule has 44 heavy (non-hydrogen) atoms. The molecule has 1 aliphatic carbocycles. The van der Waals surface area contributed by atoms with Crippen LogP contribution in [-0.2, 0) is 4.79 Å². The minimum absolute atomic E-state index is 0.0519. The van der Waals surface area contributed by atoms with Crippen LogP contribution in [0, 0.1) is 17.3 Å². The Morgan fingerprint density at radius 3 is 2.41 bits per heavy atom. The minimum atomic E-state index is -0.750. The van der Waals surface area contributed by atoms with Gasteiger partial charge in [-0.25, -0.2) is 4.98 Å². The van der Waals surface area contributed by atoms with Gasteiger partial charge in [0.2, 0.25) is 0 Å². The first-order valence-corrected chi connectivity index (χ1v) is 15.7. The second-order valence-corrected chi connectivity index (χ2v) is 13.4. The quantitative estimate of drug-likeness (QED) is 0.239. The minimum Gasteiger partial charge on any atom is -0.497 e. The molecule has 3 aromatic rings. The van der Waals surface area contributed by atoms with E-state index in [2.05, 4.69) is 30.7 Å². The number of carboxylic acids is 1. The summed E-state index contributed by atoms with van der Waals surface area (Å²) in [5, 5.41) is 9.40. The summed E-state index contributed by atoms with van der Waals surface area (Å²) in [7, 11) is 1.65. The molecule has 2 aliphatic rings. The monoisotopic (exact) mass is 599 g/mol. The lowest BCUT2D eigenvalue weighted by atomic mass is 9.91. The van der Waals surface area contributed by atoms with Crippen LogP contribution in [0.3, 0.4) is 0 Å². The zero-order valence-electron chi connectivity index (χ0n) is 26.4. The zero-order valence-corrected chi connectivity index (χ0v) is 26.4. The molecule has 0 radical (unpaired) electrons. The van der Waals surface area contributed by atoms with Gasteiger partial charge in [0.05, 0.1) is 31.4 Å². The molecule has 1 aliphatic heterocycles. The average Bonchev–Trinajstić information content (AvgIpc) is 3.87. The molecule has 5 rings (SSSR count). The van der Waals surface area contributed by atoms with E-state index < -0.39 is 5.97 Å². The molecule has 2 fully saturated rings. The first-order valence-electron chi connectivity index (χ1n) is 15.7. The fourth-order valence-corrected chi connectivity index (χ4v) is 6.10. The highest BCUT2D eigenvalue weighted by atomic mass is 16.5. The molecule has 0 bridgehead atoms. The van der Waals surface area contributed by atoms with E-state index in [1.54, 1.807) is 18.2 Å². The molecule has 1 saturated heterocycles. The fraction of sp³-hybridized carbons (Fsp3) is 0.472. The normalized spacial score (nSPS) is 16.3. The summed E-state index contributed by atoms with van der Waals surface area (Å²) in [5.74, 6) is 2.22. The van der Waals surface area contributed by atoms with E-state index in [-0.39, 0.29) is 23.7 Å². The van der Waals surface area contributed by atoms with Gasteiger partial charge in [-0.15, -0.1) is 0 Å². The van der Waals surface area contributed by atoms with E-state index in [1.165, 1.54) is 0 Å². The third-order valence-corrected chi connectivity index (χ3v) is 8.55. The van der Waals surface area contributed by atoms with Crippen molar-refractivity contribution in [1.29, 1.82) is 0 Å². The molecule has 234 valence electrons. The summed E-state index contributed by atoms with van der Waals surface area (Å²) in [5.41, 5.74) is 2.45. The molecular weight excluding hydrogens is 554 g/mol. The van der Waals surface area contributed by atoms with Crippen molar-refractivity contribution in [3.05, 3.63) is 78.0 Å². The Balaban J connectivity index is 1.26. The summed E-state index contributed by atoms with van der Waals surface area (Å²) in [4.78, 5) is 34.2. The topological polar surface area (TPSA) is 92.2 Å². The van der Waals surface area contributed by atoms with Crippen molar-refractivity contribution in [2.45, 2.75) is 58.8 Å². The average molecular weight is 600 g/mol. The van der Waals surface area contributed by atoms with Crippen LogP contribution in [0.25, 0.3) is 0 Å². The lowest BCUT2D eigenvalue weighted by Gasteiger charge is -2.36. The molecule has 2 heterocycles. The zero-order chi connectivity index (χ0) is 31.3. The highest BCUT2D eigenvalue weighted by Crippen LogP contribution is 2.45. The van der Waals surface area contributed by atoms with Crippen molar-refractivity contribution in [3.8, 4) is 11.5 Å². The molecule has 8 heteroatoms. The number of amides is 1. The Morgan fingerprint density at radius 2 is 1.77 bits per heavy atom. The Morgan fingerprint density at radius 1 is 1.00 bits per heavy atom. The second kappa shape index (κ2) is 13.7. The third-order valence-electron chi connectivity index (χ3n) is 8.55. The number of anilines is 2. The predicted octanol–water partition coefficient (Wildman–Crippen LogP) is 7.05. The lowest BCUT2D eigenvalue weighted by molar-refractivity contribution is -0.137. The number of nitrogens with zero attached hydrogens (tertiary/aromatic N) is 3. The Hall–Kier alpha value is -4.07. The van der Waals surface area contributed by atoms with E-state index in [0.717, 1.165) is 61.5 Å². The number of rotatable bonds is 12. The van der Waals surface area contributed by atoms with E-state index in [9.17, 15) is 14.7 Å².